The fourth-order valence-electron chi connectivity index (χ4n) is 3.79. The molecule has 1 aliphatic rings. The van der Waals surface area contributed by atoms with E-state index in [9.17, 15) is 4.79 Å². The molecule has 0 saturated carbocycles. The first kappa shape index (κ1) is 17.9. The Balaban J connectivity index is 1.59. The van der Waals surface area contributed by atoms with E-state index in [0.29, 0.717) is 17.1 Å². The molecule has 1 aliphatic carbocycles. The molecule has 8 heteroatoms. The average Bonchev–Trinajstić information content (AvgIpc) is 3.35. The summed E-state index contributed by atoms with van der Waals surface area (Å²) in [5, 5.41) is 25.1. The van der Waals surface area contributed by atoms with Crippen molar-refractivity contribution in [3.05, 3.63) is 77.7 Å². The predicted octanol–water partition coefficient (Wildman–Crippen LogP) is 3.96. The molecular formula is C22H17N5O3. The minimum atomic E-state index is -0.969. The lowest BCUT2D eigenvalue weighted by molar-refractivity contribution is 0.0697. The van der Waals surface area contributed by atoms with Gasteiger partial charge in [0.2, 0.25) is 0 Å². The minimum Gasteiger partial charge on any atom is -0.478 e. The summed E-state index contributed by atoms with van der Waals surface area (Å²) in [6.45, 7) is 0. The molecule has 30 heavy (non-hydrogen) atoms. The predicted molar refractivity (Wildman–Crippen MR) is 112 cm³/mol. The number of carbonyl (C=O) groups is 1. The molecule has 2 aromatic carbocycles. The van der Waals surface area contributed by atoms with Crippen LogP contribution in [0.4, 0.5) is 11.5 Å². The van der Waals surface area contributed by atoms with E-state index >= 15 is 0 Å². The standard InChI is InChI=1S/C22H17N5O3/c28-22(29)14-3-1-13(2-4-14)20-21(27-10-9-23-12-19(27)25-20)24-16-6-7-17-15(11-16)5-8-18(17)26-30/h1-4,6-7,9-12,24,30H,5,8H2,(H,28,29)/b26-18+. The molecule has 0 radical (unpaired) electrons. The lowest BCUT2D eigenvalue weighted by Crippen LogP contribution is -1.99. The number of anilines is 2. The van der Waals surface area contributed by atoms with Crippen LogP contribution in [0.25, 0.3) is 16.9 Å². The van der Waals surface area contributed by atoms with Gasteiger partial charge < -0.3 is 15.6 Å². The van der Waals surface area contributed by atoms with E-state index in [1.54, 1.807) is 36.7 Å². The van der Waals surface area contributed by atoms with Gasteiger partial charge in [-0.05, 0) is 42.7 Å². The number of rotatable bonds is 4. The summed E-state index contributed by atoms with van der Waals surface area (Å²) < 4.78 is 1.90. The van der Waals surface area contributed by atoms with Crippen molar-refractivity contribution in [2.45, 2.75) is 12.8 Å². The molecule has 0 fully saturated rings. The van der Waals surface area contributed by atoms with Crippen molar-refractivity contribution in [1.29, 1.82) is 0 Å². The van der Waals surface area contributed by atoms with Crippen LogP contribution in [-0.4, -0.2) is 36.4 Å². The second-order valence-corrected chi connectivity index (χ2v) is 7.04. The number of imidazole rings is 1. The third-order valence-electron chi connectivity index (χ3n) is 5.27. The van der Waals surface area contributed by atoms with Crippen molar-refractivity contribution in [3.8, 4) is 11.3 Å². The van der Waals surface area contributed by atoms with Crippen LogP contribution in [0.2, 0.25) is 0 Å². The Morgan fingerprint density at radius 2 is 1.97 bits per heavy atom. The Hall–Kier alpha value is -4.20. The second-order valence-electron chi connectivity index (χ2n) is 7.04. The molecule has 0 aliphatic heterocycles. The number of nitrogens with one attached hydrogen (secondary N) is 1. The molecule has 4 aromatic rings. The monoisotopic (exact) mass is 399 g/mol. The van der Waals surface area contributed by atoms with Gasteiger partial charge in [-0.25, -0.2) is 9.78 Å². The summed E-state index contributed by atoms with van der Waals surface area (Å²) >= 11 is 0. The lowest BCUT2D eigenvalue weighted by atomic mass is 10.1. The Morgan fingerprint density at radius 3 is 2.73 bits per heavy atom. The SMILES string of the molecule is O=C(O)c1ccc(-c2nc3cnccn3c2Nc2ccc3c(c2)CC/C3=N\O)cc1. The van der Waals surface area contributed by atoms with Gasteiger partial charge >= 0.3 is 5.97 Å². The van der Waals surface area contributed by atoms with Crippen molar-refractivity contribution >= 4 is 28.8 Å². The van der Waals surface area contributed by atoms with Crippen molar-refractivity contribution < 1.29 is 15.1 Å². The van der Waals surface area contributed by atoms with Gasteiger partial charge in [0.1, 0.15) is 11.5 Å². The number of hydrogen-bond acceptors (Lipinski definition) is 6. The van der Waals surface area contributed by atoms with Crippen molar-refractivity contribution in [3.63, 3.8) is 0 Å². The van der Waals surface area contributed by atoms with Gasteiger partial charge in [0.15, 0.2) is 5.65 Å². The van der Waals surface area contributed by atoms with E-state index in [0.717, 1.165) is 41.0 Å². The molecule has 2 aromatic heterocycles. The normalized spacial score (nSPS) is 14.2. The summed E-state index contributed by atoms with van der Waals surface area (Å²) in [7, 11) is 0. The molecule has 0 spiro atoms. The molecule has 2 heterocycles. The molecule has 5 rings (SSSR count). The summed E-state index contributed by atoms with van der Waals surface area (Å²) in [4.78, 5) is 20.0. The van der Waals surface area contributed by atoms with E-state index in [4.69, 9.17) is 10.3 Å². The zero-order valence-electron chi connectivity index (χ0n) is 15.8. The maximum atomic E-state index is 11.2. The third-order valence-corrected chi connectivity index (χ3v) is 5.27. The third kappa shape index (κ3) is 2.95. The summed E-state index contributed by atoms with van der Waals surface area (Å²) in [6.07, 6.45) is 6.73. The topological polar surface area (TPSA) is 112 Å². The molecule has 0 bridgehead atoms. The molecule has 8 nitrogen and oxygen atoms in total. The Labute approximate surface area is 171 Å². The fourth-order valence-corrected chi connectivity index (χ4v) is 3.79. The van der Waals surface area contributed by atoms with Crippen LogP contribution in [0.15, 0.2) is 66.2 Å². The van der Waals surface area contributed by atoms with Gasteiger partial charge in [-0.15, -0.1) is 0 Å². The van der Waals surface area contributed by atoms with Gasteiger partial charge in [-0.1, -0.05) is 23.4 Å². The zero-order valence-corrected chi connectivity index (χ0v) is 15.8. The average molecular weight is 399 g/mol. The molecule has 0 atom stereocenters. The zero-order chi connectivity index (χ0) is 20.7. The van der Waals surface area contributed by atoms with Crippen LogP contribution in [0.1, 0.15) is 27.9 Å². The number of fused-ring (bicyclic) bond motifs is 2. The number of oxime groups is 1. The van der Waals surface area contributed by atoms with E-state index in [-0.39, 0.29) is 5.56 Å². The van der Waals surface area contributed by atoms with Gasteiger partial charge in [-0.3, -0.25) is 9.38 Å². The fraction of sp³-hybridized carbons (Fsp3) is 0.0909. The highest BCUT2D eigenvalue weighted by Crippen LogP contribution is 2.33. The van der Waals surface area contributed by atoms with Crippen molar-refractivity contribution in [2.24, 2.45) is 5.16 Å². The molecular weight excluding hydrogens is 382 g/mol. The second kappa shape index (κ2) is 7.00. The van der Waals surface area contributed by atoms with Crippen LogP contribution in [0.5, 0.6) is 0 Å². The molecule has 148 valence electrons. The maximum Gasteiger partial charge on any atom is 0.335 e. The van der Waals surface area contributed by atoms with Crippen LogP contribution >= 0.6 is 0 Å². The number of aryl methyl sites for hydroxylation is 1. The highest BCUT2D eigenvalue weighted by molar-refractivity contribution is 6.04. The number of benzene rings is 2. The Kier molecular flexibility index (Phi) is 4.17. The number of carboxylic acid groups (broad SMARTS) is 1. The number of nitrogens with zero attached hydrogens (tertiary/aromatic N) is 4. The number of aromatic nitrogens is 3. The Bertz CT molecular complexity index is 1310. The highest BCUT2D eigenvalue weighted by atomic mass is 16.4. The van der Waals surface area contributed by atoms with Crippen LogP contribution < -0.4 is 5.32 Å². The maximum absolute atomic E-state index is 11.2. The van der Waals surface area contributed by atoms with Gasteiger partial charge in [-0.2, -0.15) is 0 Å². The first-order chi connectivity index (χ1) is 14.6. The summed E-state index contributed by atoms with van der Waals surface area (Å²) in [6, 6.07) is 12.6. The van der Waals surface area contributed by atoms with Gasteiger partial charge in [0.05, 0.1) is 17.5 Å². The minimum absolute atomic E-state index is 0.221. The van der Waals surface area contributed by atoms with E-state index < -0.39 is 5.97 Å². The first-order valence-electron chi connectivity index (χ1n) is 9.41. The summed E-state index contributed by atoms with van der Waals surface area (Å²) in [5.74, 6) is -0.215. The largest absolute Gasteiger partial charge is 0.478 e. The lowest BCUT2D eigenvalue weighted by Gasteiger charge is -2.10. The van der Waals surface area contributed by atoms with E-state index in [1.807, 2.05) is 28.8 Å². The summed E-state index contributed by atoms with van der Waals surface area (Å²) in [5.41, 5.74) is 6.06. The van der Waals surface area contributed by atoms with Crippen LogP contribution in [-0.2, 0) is 6.42 Å². The smallest absolute Gasteiger partial charge is 0.335 e. The number of aromatic carboxylic acids is 1. The van der Waals surface area contributed by atoms with Gasteiger partial charge in [0, 0.05) is 29.2 Å². The molecule has 0 amide bonds. The first-order valence-corrected chi connectivity index (χ1v) is 9.41. The number of carboxylic acids is 1. The molecule has 3 N–H and O–H groups in total. The molecule has 0 saturated heterocycles. The van der Waals surface area contributed by atoms with E-state index in [1.165, 1.54) is 0 Å². The van der Waals surface area contributed by atoms with Crippen molar-refractivity contribution in [2.75, 3.05) is 5.32 Å². The van der Waals surface area contributed by atoms with Gasteiger partial charge in [0.25, 0.3) is 0 Å². The Morgan fingerprint density at radius 1 is 1.13 bits per heavy atom. The van der Waals surface area contributed by atoms with E-state index in [2.05, 4.69) is 20.4 Å². The van der Waals surface area contributed by atoms with Crippen LogP contribution in [0, 0.1) is 0 Å². The highest BCUT2D eigenvalue weighted by Gasteiger charge is 2.20. The van der Waals surface area contributed by atoms with Crippen LogP contribution in [0.3, 0.4) is 0 Å². The quantitative estimate of drug-likeness (QED) is 0.354. The molecule has 0 unspecified atom stereocenters. The van der Waals surface area contributed by atoms with Crippen molar-refractivity contribution in [1.82, 2.24) is 14.4 Å². The number of hydrogen-bond donors (Lipinski definition) is 3.